The van der Waals surface area contributed by atoms with E-state index in [4.69, 9.17) is 4.74 Å². The summed E-state index contributed by atoms with van der Waals surface area (Å²) in [4.78, 5) is 0. The predicted octanol–water partition coefficient (Wildman–Crippen LogP) is 3.22. The summed E-state index contributed by atoms with van der Waals surface area (Å²) in [6, 6.07) is 5.70. The van der Waals surface area contributed by atoms with E-state index in [1.165, 1.54) is 12.1 Å². The molecule has 1 aromatic rings. The van der Waals surface area contributed by atoms with Crippen LogP contribution in [0.5, 0.6) is 0 Å². The third kappa shape index (κ3) is 3.94. The van der Waals surface area contributed by atoms with Crippen molar-refractivity contribution in [1.82, 2.24) is 5.32 Å². The van der Waals surface area contributed by atoms with Crippen LogP contribution in [0, 0.1) is 5.92 Å². The molecule has 1 aliphatic heterocycles. The fraction of sp³-hybridized carbons (Fsp3) is 0.571. The van der Waals surface area contributed by atoms with Crippen molar-refractivity contribution >= 4 is 0 Å². The Labute approximate surface area is 111 Å². The Morgan fingerprint density at radius 3 is 2.84 bits per heavy atom. The molecule has 0 amide bonds. The van der Waals surface area contributed by atoms with E-state index in [0.717, 1.165) is 25.7 Å². The quantitative estimate of drug-likeness (QED) is 0.909. The number of rotatable bonds is 4. The minimum Gasteiger partial charge on any atom is -0.381 e. The molecule has 2 unspecified atom stereocenters. The summed E-state index contributed by atoms with van der Waals surface area (Å²) in [7, 11) is 0. The SMILES string of the molecule is CC(NCc1cccc(C(F)(F)F)c1)C1CCOC1. The highest BCUT2D eigenvalue weighted by atomic mass is 19.4. The molecule has 0 aliphatic carbocycles. The van der Waals surface area contributed by atoms with Gasteiger partial charge in [-0.3, -0.25) is 0 Å². The summed E-state index contributed by atoms with van der Waals surface area (Å²) >= 11 is 0. The molecule has 2 atom stereocenters. The first-order valence-electron chi connectivity index (χ1n) is 6.44. The van der Waals surface area contributed by atoms with E-state index in [-0.39, 0.29) is 6.04 Å². The van der Waals surface area contributed by atoms with Crippen molar-refractivity contribution in [3.8, 4) is 0 Å². The van der Waals surface area contributed by atoms with E-state index in [0.29, 0.717) is 18.0 Å². The van der Waals surface area contributed by atoms with Crippen molar-refractivity contribution < 1.29 is 17.9 Å². The molecular formula is C14H18F3NO. The number of hydrogen-bond acceptors (Lipinski definition) is 2. The Bertz CT molecular complexity index is 413. The maximum absolute atomic E-state index is 12.6. The summed E-state index contributed by atoms with van der Waals surface area (Å²) in [6.07, 6.45) is -3.27. The molecule has 1 aromatic carbocycles. The van der Waals surface area contributed by atoms with Crippen LogP contribution in [-0.2, 0) is 17.5 Å². The van der Waals surface area contributed by atoms with Gasteiger partial charge < -0.3 is 10.1 Å². The van der Waals surface area contributed by atoms with Crippen LogP contribution in [-0.4, -0.2) is 19.3 Å². The van der Waals surface area contributed by atoms with Crippen LogP contribution < -0.4 is 5.32 Å². The molecule has 19 heavy (non-hydrogen) atoms. The molecular weight excluding hydrogens is 255 g/mol. The van der Waals surface area contributed by atoms with E-state index in [2.05, 4.69) is 5.32 Å². The number of benzene rings is 1. The number of nitrogens with one attached hydrogen (secondary N) is 1. The molecule has 106 valence electrons. The molecule has 0 radical (unpaired) electrons. The molecule has 1 N–H and O–H groups in total. The van der Waals surface area contributed by atoms with Gasteiger partial charge in [0.05, 0.1) is 12.2 Å². The summed E-state index contributed by atoms with van der Waals surface area (Å²) < 4.78 is 43.0. The van der Waals surface area contributed by atoms with Gasteiger partial charge in [0.15, 0.2) is 0 Å². The largest absolute Gasteiger partial charge is 0.416 e. The monoisotopic (exact) mass is 273 g/mol. The first-order valence-corrected chi connectivity index (χ1v) is 6.44. The van der Waals surface area contributed by atoms with Crippen molar-refractivity contribution in [3.05, 3.63) is 35.4 Å². The molecule has 1 heterocycles. The standard InChI is InChI=1S/C14H18F3NO/c1-10(12-5-6-19-9-12)18-8-11-3-2-4-13(7-11)14(15,16)17/h2-4,7,10,12,18H,5-6,8-9H2,1H3. The average Bonchev–Trinajstić information content (AvgIpc) is 2.89. The second kappa shape index (κ2) is 5.92. The van der Waals surface area contributed by atoms with Gasteiger partial charge in [0.1, 0.15) is 0 Å². The molecule has 0 spiro atoms. The third-order valence-electron chi connectivity index (χ3n) is 3.55. The highest BCUT2D eigenvalue weighted by molar-refractivity contribution is 5.25. The van der Waals surface area contributed by atoms with E-state index >= 15 is 0 Å². The minimum atomic E-state index is -4.28. The summed E-state index contributed by atoms with van der Waals surface area (Å²) in [6.45, 7) is 4.01. The van der Waals surface area contributed by atoms with Crippen molar-refractivity contribution in [2.45, 2.75) is 32.1 Å². The summed E-state index contributed by atoms with van der Waals surface area (Å²) in [5.74, 6) is 0.450. The Kier molecular flexibility index (Phi) is 4.47. The normalized spacial score (nSPS) is 21.6. The highest BCUT2D eigenvalue weighted by Gasteiger charge is 2.30. The van der Waals surface area contributed by atoms with E-state index in [1.54, 1.807) is 6.07 Å². The van der Waals surface area contributed by atoms with E-state index in [1.807, 2.05) is 6.92 Å². The van der Waals surface area contributed by atoms with Crippen molar-refractivity contribution in [2.75, 3.05) is 13.2 Å². The van der Waals surface area contributed by atoms with Gasteiger partial charge >= 0.3 is 6.18 Å². The fourth-order valence-electron chi connectivity index (χ4n) is 2.25. The Morgan fingerprint density at radius 2 is 2.21 bits per heavy atom. The topological polar surface area (TPSA) is 21.3 Å². The van der Waals surface area contributed by atoms with Crippen LogP contribution in [0.25, 0.3) is 0 Å². The van der Waals surface area contributed by atoms with Gasteiger partial charge in [-0.2, -0.15) is 13.2 Å². The van der Waals surface area contributed by atoms with Gasteiger partial charge in [-0.15, -0.1) is 0 Å². The van der Waals surface area contributed by atoms with Gasteiger partial charge in [-0.05, 0) is 30.9 Å². The minimum absolute atomic E-state index is 0.247. The lowest BCUT2D eigenvalue weighted by atomic mass is 10.0. The lowest BCUT2D eigenvalue weighted by Gasteiger charge is -2.19. The molecule has 0 saturated carbocycles. The van der Waals surface area contributed by atoms with Gasteiger partial charge in [0, 0.05) is 19.2 Å². The van der Waals surface area contributed by atoms with Crippen LogP contribution in [0.15, 0.2) is 24.3 Å². The van der Waals surface area contributed by atoms with Gasteiger partial charge in [-0.1, -0.05) is 18.2 Å². The zero-order valence-corrected chi connectivity index (χ0v) is 10.8. The van der Waals surface area contributed by atoms with E-state index in [9.17, 15) is 13.2 Å². The van der Waals surface area contributed by atoms with E-state index < -0.39 is 11.7 Å². The molecule has 5 heteroatoms. The molecule has 2 rings (SSSR count). The molecule has 0 aromatic heterocycles. The van der Waals surface area contributed by atoms with Crippen molar-refractivity contribution in [1.29, 1.82) is 0 Å². The zero-order valence-electron chi connectivity index (χ0n) is 10.8. The molecule has 2 nitrogen and oxygen atoms in total. The lowest BCUT2D eigenvalue weighted by molar-refractivity contribution is -0.137. The first-order chi connectivity index (χ1) is 8.97. The van der Waals surface area contributed by atoms with Gasteiger partial charge in [-0.25, -0.2) is 0 Å². The van der Waals surface area contributed by atoms with Crippen molar-refractivity contribution in [2.24, 2.45) is 5.92 Å². The summed E-state index contributed by atoms with van der Waals surface area (Å²) in [5.41, 5.74) is 0.0595. The molecule has 1 fully saturated rings. The zero-order chi connectivity index (χ0) is 13.9. The number of ether oxygens (including phenoxy) is 1. The van der Waals surface area contributed by atoms with Crippen molar-refractivity contribution in [3.63, 3.8) is 0 Å². The second-order valence-electron chi connectivity index (χ2n) is 4.99. The number of alkyl halides is 3. The maximum Gasteiger partial charge on any atom is 0.416 e. The Morgan fingerprint density at radius 1 is 1.42 bits per heavy atom. The molecule has 0 bridgehead atoms. The molecule has 1 saturated heterocycles. The average molecular weight is 273 g/mol. The van der Waals surface area contributed by atoms with Gasteiger partial charge in [0.2, 0.25) is 0 Å². The number of hydrogen-bond donors (Lipinski definition) is 1. The first kappa shape index (κ1) is 14.3. The van der Waals surface area contributed by atoms with Gasteiger partial charge in [0.25, 0.3) is 0 Å². The molecule has 1 aliphatic rings. The fourth-order valence-corrected chi connectivity index (χ4v) is 2.25. The Balaban J connectivity index is 1.92. The smallest absolute Gasteiger partial charge is 0.381 e. The summed E-state index contributed by atoms with van der Waals surface area (Å²) in [5, 5.41) is 3.27. The predicted molar refractivity (Wildman–Crippen MR) is 66.7 cm³/mol. The lowest BCUT2D eigenvalue weighted by Crippen LogP contribution is -2.33. The van der Waals surface area contributed by atoms with Crippen LogP contribution in [0.1, 0.15) is 24.5 Å². The highest BCUT2D eigenvalue weighted by Crippen LogP contribution is 2.29. The van der Waals surface area contributed by atoms with Crippen LogP contribution >= 0.6 is 0 Å². The maximum atomic E-state index is 12.6. The van der Waals surface area contributed by atoms with Crippen LogP contribution in [0.3, 0.4) is 0 Å². The van der Waals surface area contributed by atoms with Crippen LogP contribution in [0.2, 0.25) is 0 Å². The Hall–Kier alpha value is -1.07. The third-order valence-corrected chi connectivity index (χ3v) is 3.55. The second-order valence-corrected chi connectivity index (χ2v) is 4.99. The van der Waals surface area contributed by atoms with Crippen LogP contribution in [0.4, 0.5) is 13.2 Å². The number of halogens is 3.